The number of aryl methyl sites for hydroxylation is 1. The molecule has 1 atom stereocenters. The Morgan fingerprint density at radius 2 is 2.47 bits per heavy atom. The van der Waals surface area contributed by atoms with Crippen LogP contribution >= 0.6 is 11.8 Å². The molecule has 0 radical (unpaired) electrons. The van der Waals surface area contributed by atoms with Crippen LogP contribution in [0.1, 0.15) is 31.6 Å². The smallest absolute Gasteiger partial charge is 0.160 e. The van der Waals surface area contributed by atoms with Crippen LogP contribution in [0.2, 0.25) is 0 Å². The Labute approximate surface area is 106 Å². The Morgan fingerprint density at radius 1 is 1.53 bits per heavy atom. The van der Waals surface area contributed by atoms with Gasteiger partial charge in [0.1, 0.15) is 11.3 Å². The molecule has 2 aromatic rings. The van der Waals surface area contributed by atoms with Gasteiger partial charge in [-0.3, -0.25) is 0 Å². The van der Waals surface area contributed by atoms with E-state index in [0.717, 1.165) is 24.0 Å². The monoisotopic (exact) mass is 247 g/mol. The van der Waals surface area contributed by atoms with Crippen molar-refractivity contribution in [3.8, 4) is 0 Å². The highest BCUT2D eigenvalue weighted by Gasteiger charge is 2.22. The van der Waals surface area contributed by atoms with Gasteiger partial charge in [0.15, 0.2) is 5.65 Å². The highest BCUT2D eigenvalue weighted by Crippen LogP contribution is 2.31. The zero-order valence-corrected chi connectivity index (χ0v) is 10.9. The minimum atomic E-state index is 0.599. The first-order valence-electron chi connectivity index (χ1n) is 6.29. The average molecular weight is 247 g/mol. The largest absolute Gasteiger partial charge is 0.309 e. The Bertz CT molecular complexity index is 514. The van der Waals surface area contributed by atoms with Gasteiger partial charge >= 0.3 is 0 Å². The van der Waals surface area contributed by atoms with Crippen LogP contribution in [-0.4, -0.2) is 26.0 Å². The number of pyridine rings is 1. The zero-order chi connectivity index (χ0) is 11.7. The molecule has 0 aliphatic carbocycles. The topological polar surface area (TPSA) is 30.7 Å². The van der Waals surface area contributed by atoms with Crippen molar-refractivity contribution in [3.63, 3.8) is 0 Å². The summed E-state index contributed by atoms with van der Waals surface area (Å²) < 4.78 is 2.39. The van der Waals surface area contributed by atoms with Crippen molar-refractivity contribution in [2.24, 2.45) is 0 Å². The van der Waals surface area contributed by atoms with Crippen LogP contribution in [-0.2, 0) is 6.42 Å². The molecule has 3 heterocycles. The average Bonchev–Trinajstić information content (AvgIpc) is 2.94. The lowest BCUT2D eigenvalue weighted by atomic mass is 10.2. The number of imidazole rings is 1. The molecule has 0 N–H and O–H groups in total. The van der Waals surface area contributed by atoms with Gasteiger partial charge in [0, 0.05) is 24.4 Å². The molecule has 4 heteroatoms. The molecule has 3 nitrogen and oxygen atoms in total. The number of fused-ring (bicyclic) bond motifs is 1. The highest BCUT2D eigenvalue weighted by atomic mass is 32.2. The van der Waals surface area contributed by atoms with Crippen LogP contribution in [0.15, 0.2) is 18.3 Å². The summed E-state index contributed by atoms with van der Waals surface area (Å²) in [6.45, 7) is 2.21. The van der Waals surface area contributed by atoms with Gasteiger partial charge < -0.3 is 4.57 Å². The Morgan fingerprint density at radius 3 is 3.24 bits per heavy atom. The lowest BCUT2D eigenvalue weighted by Crippen LogP contribution is -2.12. The second kappa shape index (κ2) is 4.69. The normalized spacial score (nSPS) is 20.2. The van der Waals surface area contributed by atoms with E-state index in [4.69, 9.17) is 4.98 Å². The molecule has 2 aromatic heterocycles. The molecule has 0 bridgehead atoms. The maximum Gasteiger partial charge on any atom is 0.160 e. The number of nitrogens with zero attached hydrogens (tertiary/aromatic N) is 3. The summed E-state index contributed by atoms with van der Waals surface area (Å²) >= 11 is 2.04. The molecule has 17 heavy (non-hydrogen) atoms. The maximum atomic E-state index is 4.74. The fraction of sp³-hybridized carbons (Fsp3) is 0.538. The highest BCUT2D eigenvalue weighted by molar-refractivity contribution is 7.99. The van der Waals surface area contributed by atoms with Crippen molar-refractivity contribution in [2.75, 3.05) is 11.5 Å². The predicted molar refractivity (Wildman–Crippen MR) is 72.5 cm³/mol. The van der Waals surface area contributed by atoms with E-state index < -0.39 is 0 Å². The number of thioether (sulfide) groups is 1. The summed E-state index contributed by atoms with van der Waals surface area (Å²) in [5, 5.41) is 0. The van der Waals surface area contributed by atoms with Crippen LogP contribution < -0.4 is 0 Å². The minimum Gasteiger partial charge on any atom is -0.309 e. The first-order chi connectivity index (χ1) is 8.40. The minimum absolute atomic E-state index is 0.599. The van der Waals surface area contributed by atoms with Crippen molar-refractivity contribution in [1.82, 2.24) is 14.5 Å². The first kappa shape index (κ1) is 11.1. The van der Waals surface area contributed by atoms with Crippen molar-refractivity contribution >= 4 is 22.9 Å². The summed E-state index contributed by atoms with van der Waals surface area (Å²) in [6, 6.07) is 4.64. The van der Waals surface area contributed by atoms with Gasteiger partial charge in [0.25, 0.3) is 0 Å². The first-order valence-corrected chi connectivity index (χ1v) is 7.45. The predicted octanol–water partition coefficient (Wildman–Crippen LogP) is 3.06. The molecule has 1 unspecified atom stereocenters. The summed E-state index contributed by atoms with van der Waals surface area (Å²) in [4.78, 5) is 9.26. The lowest BCUT2D eigenvalue weighted by molar-refractivity contribution is 0.542. The van der Waals surface area contributed by atoms with Crippen LogP contribution in [0.4, 0.5) is 0 Å². The molecule has 1 saturated heterocycles. The fourth-order valence-electron chi connectivity index (χ4n) is 2.49. The third-order valence-electron chi connectivity index (χ3n) is 3.27. The van der Waals surface area contributed by atoms with E-state index in [1.165, 1.54) is 23.8 Å². The molecule has 1 fully saturated rings. The third kappa shape index (κ3) is 1.95. The van der Waals surface area contributed by atoms with Crippen LogP contribution in [0.3, 0.4) is 0 Å². The molecule has 0 aromatic carbocycles. The fourth-order valence-corrected chi connectivity index (χ4v) is 3.68. The van der Waals surface area contributed by atoms with Gasteiger partial charge in [0.2, 0.25) is 0 Å². The van der Waals surface area contributed by atoms with Gasteiger partial charge in [-0.15, -0.1) is 0 Å². The molecule has 1 aliphatic rings. The number of rotatable bonds is 3. The molecule has 0 amide bonds. The van der Waals surface area contributed by atoms with Gasteiger partial charge in [-0.1, -0.05) is 6.92 Å². The van der Waals surface area contributed by atoms with Crippen LogP contribution in [0.5, 0.6) is 0 Å². The summed E-state index contributed by atoms with van der Waals surface area (Å²) in [6.07, 6.45) is 5.32. The Kier molecular flexibility index (Phi) is 3.05. The molecule has 3 rings (SSSR count). The summed E-state index contributed by atoms with van der Waals surface area (Å²) in [5.74, 6) is 3.69. The van der Waals surface area contributed by atoms with Crippen molar-refractivity contribution in [1.29, 1.82) is 0 Å². The zero-order valence-electron chi connectivity index (χ0n) is 10.1. The molecule has 0 spiro atoms. The van der Waals surface area contributed by atoms with E-state index in [1.54, 1.807) is 0 Å². The van der Waals surface area contributed by atoms with Gasteiger partial charge in [-0.05, 0) is 30.7 Å². The SMILES string of the molecule is CCCc1nc2cccnc2n1C1CCSC1. The molecule has 90 valence electrons. The van der Waals surface area contributed by atoms with Gasteiger partial charge in [0.05, 0.1) is 0 Å². The molecule has 0 saturated carbocycles. The van der Waals surface area contributed by atoms with E-state index >= 15 is 0 Å². The second-order valence-electron chi connectivity index (χ2n) is 4.51. The van der Waals surface area contributed by atoms with E-state index in [1.807, 2.05) is 24.0 Å². The third-order valence-corrected chi connectivity index (χ3v) is 4.41. The van der Waals surface area contributed by atoms with Gasteiger partial charge in [-0.25, -0.2) is 9.97 Å². The quantitative estimate of drug-likeness (QED) is 0.835. The van der Waals surface area contributed by atoms with E-state index in [2.05, 4.69) is 22.5 Å². The van der Waals surface area contributed by atoms with Crippen molar-refractivity contribution in [2.45, 2.75) is 32.2 Å². The number of aromatic nitrogens is 3. The van der Waals surface area contributed by atoms with Crippen LogP contribution in [0.25, 0.3) is 11.2 Å². The summed E-state index contributed by atoms with van der Waals surface area (Å²) in [7, 11) is 0. The second-order valence-corrected chi connectivity index (χ2v) is 5.66. The molecular weight excluding hydrogens is 230 g/mol. The molecule has 1 aliphatic heterocycles. The van der Waals surface area contributed by atoms with E-state index in [0.29, 0.717) is 6.04 Å². The lowest BCUT2D eigenvalue weighted by Gasteiger charge is -2.14. The van der Waals surface area contributed by atoms with Crippen LogP contribution in [0, 0.1) is 0 Å². The Hall–Kier alpha value is -1.03. The summed E-state index contributed by atoms with van der Waals surface area (Å²) in [5.41, 5.74) is 2.12. The molecular formula is C13H17N3S. The maximum absolute atomic E-state index is 4.74. The van der Waals surface area contributed by atoms with Gasteiger partial charge in [-0.2, -0.15) is 11.8 Å². The van der Waals surface area contributed by atoms with Crippen molar-refractivity contribution in [3.05, 3.63) is 24.2 Å². The standard InChI is InChI=1S/C13H17N3S/c1-2-4-12-15-11-5-3-7-14-13(11)16(12)10-6-8-17-9-10/h3,5,7,10H,2,4,6,8-9H2,1H3. The van der Waals surface area contributed by atoms with E-state index in [-0.39, 0.29) is 0 Å². The Balaban J connectivity index is 2.13. The number of hydrogen-bond acceptors (Lipinski definition) is 3. The number of hydrogen-bond donors (Lipinski definition) is 0. The van der Waals surface area contributed by atoms with Crippen molar-refractivity contribution < 1.29 is 0 Å². The van der Waals surface area contributed by atoms with E-state index in [9.17, 15) is 0 Å².